The van der Waals surface area contributed by atoms with E-state index < -0.39 is 5.97 Å². The van der Waals surface area contributed by atoms with Gasteiger partial charge < -0.3 is 5.11 Å². The van der Waals surface area contributed by atoms with E-state index in [1.165, 1.54) is 29.1 Å². The van der Waals surface area contributed by atoms with Gasteiger partial charge in [-0.15, -0.1) is 0 Å². The summed E-state index contributed by atoms with van der Waals surface area (Å²) < 4.78 is 2.42. The Labute approximate surface area is 134 Å². The second-order valence-electron chi connectivity index (χ2n) is 4.81. The molecule has 0 unspecified atom stereocenters. The summed E-state index contributed by atoms with van der Waals surface area (Å²) in [6, 6.07) is 12.0. The van der Waals surface area contributed by atoms with E-state index in [0.717, 1.165) is 10.0 Å². The summed E-state index contributed by atoms with van der Waals surface area (Å²) in [5, 5.41) is 9.38. The van der Waals surface area contributed by atoms with Gasteiger partial charge in [0.25, 0.3) is 5.56 Å². The minimum atomic E-state index is -1.04. The number of hydrogen-bond acceptors (Lipinski definition) is 3. The summed E-state index contributed by atoms with van der Waals surface area (Å²) in [6.07, 6.45) is 1.44. The van der Waals surface area contributed by atoms with Crippen molar-refractivity contribution >= 4 is 32.8 Å². The molecular weight excluding hydrogens is 348 g/mol. The lowest BCUT2D eigenvalue weighted by atomic mass is 10.1. The van der Waals surface area contributed by atoms with E-state index in [2.05, 4.69) is 20.9 Å². The predicted octanol–water partition coefficient (Wildman–Crippen LogP) is 2.91. The number of nitrogens with zero attached hydrogens (tertiary/aromatic N) is 2. The van der Waals surface area contributed by atoms with Crippen molar-refractivity contribution in [1.82, 2.24) is 9.55 Å². The molecule has 0 amide bonds. The van der Waals surface area contributed by atoms with Crippen LogP contribution < -0.4 is 5.56 Å². The van der Waals surface area contributed by atoms with E-state index in [1.54, 1.807) is 0 Å². The number of aromatic nitrogens is 2. The lowest BCUT2D eigenvalue weighted by Crippen LogP contribution is -2.21. The molecule has 110 valence electrons. The van der Waals surface area contributed by atoms with Crippen molar-refractivity contribution in [1.29, 1.82) is 0 Å². The van der Waals surface area contributed by atoms with Gasteiger partial charge in [-0.2, -0.15) is 0 Å². The first kappa shape index (κ1) is 14.5. The van der Waals surface area contributed by atoms with E-state index >= 15 is 0 Å². The number of fused-ring (bicyclic) bond motifs is 1. The molecule has 2 aromatic carbocycles. The van der Waals surface area contributed by atoms with Crippen LogP contribution >= 0.6 is 15.9 Å². The van der Waals surface area contributed by atoms with Crippen LogP contribution in [0.15, 0.2) is 58.1 Å². The molecule has 0 spiro atoms. The topological polar surface area (TPSA) is 72.2 Å². The van der Waals surface area contributed by atoms with Gasteiger partial charge in [0.2, 0.25) is 0 Å². The molecule has 0 aliphatic rings. The SMILES string of the molecule is O=C(O)c1ccc2c(=O)n(Cc3ccccc3Br)cnc2c1. The third kappa shape index (κ3) is 2.65. The average Bonchev–Trinajstić information content (AvgIpc) is 2.51. The smallest absolute Gasteiger partial charge is 0.335 e. The number of rotatable bonds is 3. The molecule has 6 heteroatoms. The van der Waals surface area contributed by atoms with Crippen molar-refractivity contribution in [2.24, 2.45) is 0 Å². The van der Waals surface area contributed by atoms with Gasteiger partial charge in [0.05, 0.1) is 29.3 Å². The minimum absolute atomic E-state index is 0.114. The van der Waals surface area contributed by atoms with Crippen molar-refractivity contribution < 1.29 is 9.90 Å². The summed E-state index contributed by atoms with van der Waals surface area (Å²) in [6.45, 7) is 0.393. The fourth-order valence-electron chi connectivity index (χ4n) is 2.21. The molecule has 1 aromatic heterocycles. The fourth-order valence-corrected chi connectivity index (χ4v) is 2.62. The molecule has 5 nitrogen and oxygen atoms in total. The summed E-state index contributed by atoms with van der Waals surface area (Å²) >= 11 is 3.45. The Morgan fingerprint density at radius 3 is 2.73 bits per heavy atom. The van der Waals surface area contributed by atoms with Crippen LogP contribution in [0.25, 0.3) is 10.9 Å². The van der Waals surface area contributed by atoms with Gasteiger partial charge in [-0.25, -0.2) is 9.78 Å². The Kier molecular flexibility index (Phi) is 3.77. The zero-order valence-electron chi connectivity index (χ0n) is 11.4. The molecule has 0 saturated carbocycles. The van der Waals surface area contributed by atoms with Crippen molar-refractivity contribution in [2.45, 2.75) is 6.54 Å². The molecule has 0 saturated heterocycles. The number of benzene rings is 2. The monoisotopic (exact) mass is 358 g/mol. The van der Waals surface area contributed by atoms with Crippen molar-refractivity contribution in [3.8, 4) is 0 Å². The number of carboxylic acid groups (broad SMARTS) is 1. The lowest BCUT2D eigenvalue weighted by molar-refractivity contribution is 0.0697. The van der Waals surface area contributed by atoms with Gasteiger partial charge >= 0.3 is 5.97 Å². The van der Waals surface area contributed by atoms with E-state index in [-0.39, 0.29) is 11.1 Å². The third-order valence-corrected chi connectivity index (χ3v) is 4.14. The molecule has 0 bridgehead atoms. The molecule has 0 fully saturated rings. The molecule has 3 rings (SSSR count). The molecule has 1 N–H and O–H groups in total. The van der Waals surface area contributed by atoms with Gasteiger partial charge in [0.15, 0.2) is 0 Å². The largest absolute Gasteiger partial charge is 0.478 e. The first-order valence-electron chi connectivity index (χ1n) is 6.52. The lowest BCUT2D eigenvalue weighted by Gasteiger charge is -2.08. The molecule has 22 heavy (non-hydrogen) atoms. The van der Waals surface area contributed by atoms with Crippen molar-refractivity contribution in [3.63, 3.8) is 0 Å². The van der Waals surface area contributed by atoms with Crippen LogP contribution in [0.1, 0.15) is 15.9 Å². The highest BCUT2D eigenvalue weighted by molar-refractivity contribution is 9.10. The standard InChI is InChI=1S/C16H11BrN2O3/c17-13-4-2-1-3-11(13)8-19-9-18-14-7-10(16(21)22)5-6-12(14)15(19)20/h1-7,9H,8H2,(H,21,22). The van der Waals surface area contributed by atoms with Crippen molar-refractivity contribution in [3.05, 3.63) is 74.7 Å². The van der Waals surface area contributed by atoms with Crippen LogP contribution in [0.3, 0.4) is 0 Å². The molecule has 3 aromatic rings. The number of aromatic carboxylic acids is 1. The van der Waals surface area contributed by atoms with Crippen LogP contribution in [0.4, 0.5) is 0 Å². The van der Waals surface area contributed by atoms with E-state index in [1.807, 2.05) is 24.3 Å². The second-order valence-corrected chi connectivity index (χ2v) is 5.66. The Bertz CT molecular complexity index is 934. The quantitative estimate of drug-likeness (QED) is 0.781. The van der Waals surface area contributed by atoms with E-state index in [9.17, 15) is 9.59 Å². The maximum Gasteiger partial charge on any atom is 0.335 e. The maximum absolute atomic E-state index is 12.5. The normalized spacial score (nSPS) is 10.8. The first-order valence-corrected chi connectivity index (χ1v) is 7.31. The summed E-state index contributed by atoms with van der Waals surface area (Å²) in [7, 11) is 0. The number of carbonyl (C=O) groups is 1. The van der Waals surface area contributed by atoms with Crippen LogP contribution in [-0.2, 0) is 6.54 Å². The highest BCUT2D eigenvalue weighted by Gasteiger charge is 2.09. The Balaban J connectivity index is 2.07. The van der Waals surface area contributed by atoms with Gasteiger partial charge in [0.1, 0.15) is 0 Å². The zero-order valence-corrected chi connectivity index (χ0v) is 12.9. The summed E-state index contributed by atoms with van der Waals surface area (Å²) in [4.78, 5) is 27.6. The molecular formula is C16H11BrN2O3. The highest BCUT2D eigenvalue weighted by Crippen LogP contribution is 2.17. The van der Waals surface area contributed by atoms with Crippen LogP contribution in [0.2, 0.25) is 0 Å². The van der Waals surface area contributed by atoms with Crippen LogP contribution in [-0.4, -0.2) is 20.6 Å². The Morgan fingerprint density at radius 1 is 1.23 bits per heavy atom. The van der Waals surface area contributed by atoms with Gasteiger partial charge in [0, 0.05) is 4.47 Å². The third-order valence-electron chi connectivity index (χ3n) is 3.37. The zero-order chi connectivity index (χ0) is 15.7. The molecule has 0 radical (unpaired) electrons. The predicted molar refractivity (Wildman–Crippen MR) is 86.2 cm³/mol. The second kappa shape index (κ2) is 5.73. The number of carboxylic acids is 1. The van der Waals surface area contributed by atoms with Crippen LogP contribution in [0, 0.1) is 0 Å². The highest BCUT2D eigenvalue weighted by atomic mass is 79.9. The summed E-state index contributed by atoms with van der Waals surface area (Å²) in [5.74, 6) is -1.04. The number of hydrogen-bond donors (Lipinski definition) is 1. The maximum atomic E-state index is 12.5. The number of halogens is 1. The van der Waals surface area contributed by atoms with Gasteiger partial charge in [-0.1, -0.05) is 34.1 Å². The Morgan fingerprint density at radius 2 is 2.00 bits per heavy atom. The molecule has 0 aliphatic heterocycles. The molecule has 1 heterocycles. The van der Waals surface area contributed by atoms with Crippen molar-refractivity contribution in [2.75, 3.05) is 0 Å². The van der Waals surface area contributed by atoms with Crippen LogP contribution in [0.5, 0.6) is 0 Å². The van der Waals surface area contributed by atoms with Gasteiger partial charge in [-0.05, 0) is 29.8 Å². The summed E-state index contributed by atoms with van der Waals surface area (Å²) in [5.41, 5.74) is 1.27. The van der Waals surface area contributed by atoms with E-state index in [4.69, 9.17) is 5.11 Å². The first-order chi connectivity index (χ1) is 10.6. The molecule has 0 aliphatic carbocycles. The Hall–Kier alpha value is -2.47. The molecule has 0 atom stereocenters. The minimum Gasteiger partial charge on any atom is -0.478 e. The van der Waals surface area contributed by atoms with E-state index in [0.29, 0.717) is 17.4 Å². The van der Waals surface area contributed by atoms with Gasteiger partial charge in [-0.3, -0.25) is 9.36 Å². The fraction of sp³-hybridized carbons (Fsp3) is 0.0625. The average molecular weight is 359 g/mol.